The molecule has 2 aromatic rings. The third-order valence-corrected chi connectivity index (χ3v) is 3.29. The first-order chi connectivity index (χ1) is 10.1. The van der Waals surface area contributed by atoms with Crippen LogP contribution < -0.4 is 15.4 Å². The molecule has 2 amide bonds. The zero-order chi connectivity index (χ0) is 15.2. The van der Waals surface area contributed by atoms with Crippen LogP contribution in [-0.2, 0) is 6.54 Å². The van der Waals surface area contributed by atoms with Crippen LogP contribution in [0.5, 0.6) is 5.88 Å². The fraction of sp³-hybridized carbons (Fsp3) is 0.143. The van der Waals surface area contributed by atoms with E-state index < -0.39 is 6.03 Å². The van der Waals surface area contributed by atoms with Crippen LogP contribution in [0.15, 0.2) is 36.5 Å². The number of amides is 2. The maximum atomic E-state index is 11.9. The molecule has 2 N–H and O–H groups in total. The number of ether oxygens (including phenoxy) is 1. The summed E-state index contributed by atoms with van der Waals surface area (Å²) in [6, 6.07) is 8.12. The monoisotopic (exact) mass is 325 g/mol. The number of nitrogens with one attached hydrogen (secondary N) is 2. The minimum absolute atomic E-state index is 0.326. The minimum atomic E-state index is -0.402. The van der Waals surface area contributed by atoms with Crippen LogP contribution >= 0.6 is 23.2 Å². The average molecular weight is 326 g/mol. The normalized spacial score (nSPS) is 10.0. The number of pyridine rings is 1. The van der Waals surface area contributed by atoms with Gasteiger partial charge in [-0.2, -0.15) is 0 Å². The second-order valence-electron chi connectivity index (χ2n) is 4.11. The summed E-state index contributed by atoms with van der Waals surface area (Å²) >= 11 is 12.0. The molecule has 0 radical (unpaired) electrons. The quantitative estimate of drug-likeness (QED) is 0.900. The van der Waals surface area contributed by atoms with Gasteiger partial charge in [0.05, 0.1) is 22.8 Å². The number of carbonyl (C=O) groups is 1. The van der Waals surface area contributed by atoms with Gasteiger partial charge in [-0.05, 0) is 23.8 Å². The van der Waals surface area contributed by atoms with E-state index in [1.54, 1.807) is 36.5 Å². The Bertz CT molecular complexity index is 630. The number of anilines is 1. The largest absolute Gasteiger partial charge is 0.481 e. The number of aromatic nitrogens is 1. The van der Waals surface area contributed by atoms with Gasteiger partial charge in [-0.25, -0.2) is 9.78 Å². The predicted molar refractivity (Wildman–Crippen MR) is 83.1 cm³/mol. The van der Waals surface area contributed by atoms with Crippen LogP contribution in [-0.4, -0.2) is 18.1 Å². The van der Waals surface area contributed by atoms with Crippen molar-refractivity contribution in [2.45, 2.75) is 6.54 Å². The highest BCUT2D eigenvalue weighted by atomic mass is 35.5. The van der Waals surface area contributed by atoms with Gasteiger partial charge in [0.25, 0.3) is 0 Å². The maximum absolute atomic E-state index is 11.9. The maximum Gasteiger partial charge on any atom is 0.319 e. The summed E-state index contributed by atoms with van der Waals surface area (Å²) < 4.78 is 5.01. The van der Waals surface area contributed by atoms with Crippen LogP contribution in [0.1, 0.15) is 5.56 Å². The summed E-state index contributed by atoms with van der Waals surface area (Å²) in [5, 5.41) is 6.08. The molecule has 0 saturated heterocycles. The summed E-state index contributed by atoms with van der Waals surface area (Å²) in [5.74, 6) is 0.490. The molecular weight excluding hydrogens is 313 g/mol. The first kappa shape index (κ1) is 15.4. The van der Waals surface area contributed by atoms with Crippen LogP contribution in [0.4, 0.5) is 10.5 Å². The molecular formula is C14H13Cl2N3O2. The van der Waals surface area contributed by atoms with E-state index in [1.165, 1.54) is 7.11 Å². The Labute approximate surface area is 132 Å². The molecule has 5 nitrogen and oxygen atoms in total. The predicted octanol–water partition coefficient (Wildman–Crippen LogP) is 3.72. The molecule has 0 fully saturated rings. The lowest BCUT2D eigenvalue weighted by Gasteiger charge is -2.10. The van der Waals surface area contributed by atoms with Crippen molar-refractivity contribution in [3.8, 4) is 5.88 Å². The third kappa shape index (κ3) is 4.24. The molecule has 0 atom stereocenters. The fourth-order valence-corrected chi connectivity index (χ4v) is 2.12. The van der Waals surface area contributed by atoms with E-state index in [1.807, 2.05) is 0 Å². The number of rotatable bonds is 4. The number of benzene rings is 1. The van der Waals surface area contributed by atoms with E-state index in [0.29, 0.717) is 28.2 Å². The fourth-order valence-electron chi connectivity index (χ4n) is 1.63. The van der Waals surface area contributed by atoms with Gasteiger partial charge in [-0.15, -0.1) is 0 Å². The summed E-state index contributed by atoms with van der Waals surface area (Å²) in [6.07, 6.45) is 1.61. The Hall–Kier alpha value is -1.98. The van der Waals surface area contributed by atoms with Gasteiger partial charge in [-0.1, -0.05) is 29.3 Å². The van der Waals surface area contributed by atoms with Gasteiger partial charge in [0.15, 0.2) is 0 Å². The van der Waals surface area contributed by atoms with Gasteiger partial charge in [-0.3, -0.25) is 0 Å². The molecule has 2 rings (SSSR count). The van der Waals surface area contributed by atoms with Crippen LogP contribution in [0, 0.1) is 0 Å². The third-order valence-electron chi connectivity index (χ3n) is 2.66. The molecule has 0 aliphatic heterocycles. The number of halogens is 2. The van der Waals surface area contributed by atoms with E-state index in [-0.39, 0.29) is 0 Å². The smallest absolute Gasteiger partial charge is 0.319 e. The van der Waals surface area contributed by atoms with Gasteiger partial charge in [0.1, 0.15) is 0 Å². The van der Waals surface area contributed by atoms with Crippen molar-refractivity contribution >= 4 is 34.9 Å². The first-order valence-electron chi connectivity index (χ1n) is 6.08. The minimum Gasteiger partial charge on any atom is -0.481 e. The summed E-state index contributed by atoms with van der Waals surface area (Å²) in [5.41, 5.74) is 1.24. The molecule has 110 valence electrons. The lowest BCUT2D eigenvalue weighted by molar-refractivity contribution is 0.251. The van der Waals surface area contributed by atoms with Crippen molar-refractivity contribution < 1.29 is 9.53 Å². The molecule has 0 bridgehead atoms. The molecule has 0 aliphatic rings. The summed E-state index contributed by atoms with van der Waals surface area (Å²) in [7, 11) is 1.53. The number of hydrogen-bond acceptors (Lipinski definition) is 3. The van der Waals surface area contributed by atoms with Crippen molar-refractivity contribution in [1.29, 1.82) is 0 Å². The van der Waals surface area contributed by atoms with Crippen LogP contribution in [0.25, 0.3) is 0 Å². The van der Waals surface area contributed by atoms with Crippen LogP contribution in [0.2, 0.25) is 10.0 Å². The second kappa shape index (κ2) is 7.15. The lowest BCUT2D eigenvalue weighted by atomic mass is 10.2. The molecule has 0 unspecified atom stereocenters. The molecule has 1 heterocycles. The Morgan fingerprint density at radius 2 is 2.00 bits per heavy atom. The van der Waals surface area contributed by atoms with E-state index in [4.69, 9.17) is 27.9 Å². The van der Waals surface area contributed by atoms with E-state index in [9.17, 15) is 4.79 Å². The SMILES string of the molecule is COc1cc(CNC(=O)Nc2c(Cl)cccc2Cl)ccn1. The molecule has 21 heavy (non-hydrogen) atoms. The zero-order valence-corrected chi connectivity index (χ0v) is 12.7. The van der Waals surface area contributed by atoms with Crippen molar-refractivity contribution in [3.63, 3.8) is 0 Å². The van der Waals surface area contributed by atoms with E-state index >= 15 is 0 Å². The second-order valence-corrected chi connectivity index (χ2v) is 4.93. The Morgan fingerprint density at radius 1 is 1.29 bits per heavy atom. The molecule has 1 aromatic heterocycles. The lowest BCUT2D eigenvalue weighted by Crippen LogP contribution is -2.28. The standard InChI is InChI=1S/C14H13Cl2N3O2/c1-21-12-7-9(5-6-17-12)8-18-14(20)19-13-10(15)3-2-4-11(13)16/h2-7H,8H2,1H3,(H2,18,19,20). The number of urea groups is 1. The summed E-state index contributed by atoms with van der Waals surface area (Å²) in [6.45, 7) is 0.326. The molecule has 1 aromatic carbocycles. The van der Waals surface area contributed by atoms with Crippen molar-refractivity contribution in [2.24, 2.45) is 0 Å². The highest BCUT2D eigenvalue weighted by Gasteiger charge is 2.09. The number of nitrogens with zero attached hydrogens (tertiary/aromatic N) is 1. The Balaban J connectivity index is 1.96. The average Bonchev–Trinajstić information content (AvgIpc) is 2.49. The number of carbonyl (C=O) groups excluding carboxylic acids is 1. The topological polar surface area (TPSA) is 63.2 Å². The molecule has 0 spiro atoms. The van der Waals surface area contributed by atoms with Gasteiger partial charge < -0.3 is 15.4 Å². The number of methoxy groups -OCH3 is 1. The molecule has 0 saturated carbocycles. The van der Waals surface area contributed by atoms with Crippen molar-refractivity contribution in [3.05, 3.63) is 52.1 Å². The van der Waals surface area contributed by atoms with Gasteiger partial charge in [0, 0.05) is 18.8 Å². The molecule has 7 heteroatoms. The Morgan fingerprint density at radius 3 is 2.67 bits per heavy atom. The number of para-hydroxylation sites is 1. The highest BCUT2D eigenvalue weighted by Crippen LogP contribution is 2.29. The van der Waals surface area contributed by atoms with Crippen LogP contribution in [0.3, 0.4) is 0 Å². The number of hydrogen-bond donors (Lipinski definition) is 2. The summed E-state index contributed by atoms with van der Waals surface area (Å²) in [4.78, 5) is 15.8. The van der Waals surface area contributed by atoms with Crippen molar-refractivity contribution in [2.75, 3.05) is 12.4 Å². The first-order valence-corrected chi connectivity index (χ1v) is 6.83. The Kier molecular flexibility index (Phi) is 5.25. The molecule has 0 aliphatic carbocycles. The zero-order valence-electron chi connectivity index (χ0n) is 11.2. The van der Waals surface area contributed by atoms with Crippen molar-refractivity contribution in [1.82, 2.24) is 10.3 Å². The highest BCUT2D eigenvalue weighted by molar-refractivity contribution is 6.39. The van der Waals surface area contributed by atoms with E-state index in [0.717, 1.165) is 5.56 Å². The van der Waals surface area contributed by atoms with Gasteiger partial charge in [0.2, 0.25) is 5.88 Å². The van der Waals surface area contributed by atoms with Gasteiger partial charge >= 0.3 is 6.03 Å². The van der Waals surface area contributed by atoms with E-state index in [2.05, 4.69) is 15.6 Å².